The van der Waals surface area contributed by atoms with Crippen molar-refractivity contribution in [3.63, 3.8) is 0 Å². The number of methoxy groups -OCH3 is 1. The van der Waals surface area contributed by atoms with Crippen LogP contribution >= 0.6 is 11.3 Å². The van der Waals surface area contributed by atoms with Crippen molar-refractivity contribution in [2.45, 2.75) is 57.3 Å². The molecule has 0 aromatic carbocycles. The molecule has 5 rings (SSSR count). The van der Waals surface area contributed by atoms with Crippen molar-refractivity contribution >= 4 is 17.2 Å². The van der Waals surface area contributed by atoms with Crippen LogP contribution in [0.25, 0.3) is 10.4 Å². The van der Waals surface area contributed by atoms with Crippen LogP contribution in [-0.2, 0) is 0 Å². The standard InChI is InChI=1S/C25H30N4OS/c1-16-22(30-2)10-9-21(29-16)18-5-3-17(4-6-18)14-27-24-13-20(11-12-26-24)23-15-28-25(31-23)19-7-8-19/h9-13,15,17-19H,3-8,14H2,1-2H3,(H,26,27)/t17-,18-. The van der Waals surface area contributed by atoms with Gasteiger partial charge in [-0.25, -0.2) is 9.97 Å². The molecule has 5 nitrogen and oxygen atoms in total. The number of anilines is 1. The van der Waals surface area contributed by atoms with Gasteiger partial charge in [0.25, 0.3) is 0 Å². The summed E-state index contributed by atoms with van der Waals surface area (Å²) >= 11 is 1.83. The Labute approximate surface area is 188 Å². The lowest BCUT2D eigenvalue weighted by molar-refractivity contribution is 0.334. The fraction of sp³-hybridized carbons (Fsp3) is 0.480. The van der Waals surface area contributed by atoms with Gasteiger partial charge in [0.15, 0.2) is 0 Å². The number of hydrogen-bond acceptors (Lipinski definition) is 6. The number of aryl methyl sites for hydroxylation is 1. The highest BCUT2D eigenvalue weighted by Crippen LogP contribution is 2.43. The van der Waals surface area contributed by atoms with Crippen LogP contribution < -0.4 is 10.1 Å². The van der Waals surface area contributed by atoms with Crippen LogP contribution in [0.3, 0.4) is 0 Å². The summed E-state index contributed by atoms with van der Waals surface area (Å²) in [6, 6.07) is 8.45. The number of pyridine rings is 2. The van der Waals surface area contributed by atoms with Gasteiger partial charge in [0, 0.05) is 36.5 Å². The normalized spacial score (nSPS) is 21.1. The minimum Gasteiger partial charge on any atom is -0.495 e. The molecule has 31 heavy (non-hydrogen) atoms. The second-order valence-corrected chi connectivity index (χ2v) is 9.95. The van der Waals surface area contributed by atoms with E-state index in [2.05, 4.69) is 39.6 Å². The van der Waals surface area contributed by atoms with Crippen LogP contribution in [0.2, 0.25) is 0 Å². The van der Waals surface area contributed by atoms with Crippen LogP contribution in [0.5, 0.6) is 5.75 Å². The lowest BCUT2D eigenvalue weighted by Gasteiger charge is -2.28. The van der Waals surface area contributed by atoms with Crippen molar-refractivity contribution in [2.24, 2.45) is 5.92 Å². The molecule has 0 radical (unpaired) electrons. The summed E-state index contributed by atoms with van der Waals surface area (Å²) in [5.74, 6) is 3.80. The first-order chi connectivity index (χ1) is 15.2. The summed E-state index contributed by atoms with van der Waals surface area (Å²) in [5.41, 5.74) is 3.42. The highest BCUT2D eigenvalue weighted by Gasteiger charge is 2.27. The highest BCUT2D eigenvalue weighted by atomic mass is 32.1. The van der Waals surface area contributed by atoms with E-state index >= 15 is 0 Å². The number of ether oxygens (including phenoxy) is 1. The van der Waals surface area contributed by atoms with Gasteiger partial charge in [-0.15, -0.1) is 11.3 Å². The molecule has 2 aliphatic carbocycles. The highest BCUT2D eigenvalue weighted by molar-refractivity contribution is 7.15. The molecule has 3 aromatic heterocycles. The van der Waals surface area contributed by atoms with Crippen LogP contribution in [-0.4, -0.2) is 28.6 Å². The topological polar surface area (TPSA) is 59.9 Å². The van der Waals surface area contributed by atoms with Crippen molar-refractivity contribution in [1.82, 2.24) is 15.0 Å². The van der Waals surface area contributed by atoms with Crippen molar-refractivity contribution in [3.8, 4) is 16.2 Å². The first-order valence-corrected chi connectivity index (χ1v) is 12.2. The van der Waals surface area contributed by atoms with E-state index in [1.165, 1.54) is 59.7 Å². The molecule has 0 unspecified atom stereocenters. The molecule has 0 atom stereocenters. The predicted molar refractivity (Wildman–Crippen MR) is 126 cm³/mol. The van der Waals surface area contributed by atoms with Crippen LogP contribution in [0, 0.1) is 12.8 Å². The van der Waals surface area contributed by atoms with E-state index < -0.39 is 0 Å². The number of hydrogen-bond donors (Lipinski definition) is 1. The zero-order valence-electron chi connectivity index (χ0n) is 18.3. The molecule has 162 valence electrons. The average molecular weight is 435 g/mol. The molecule has 0 bridgehead atoms. The molecule has 2 saturated carbocycles. The Morgan fingerprint density at radius 3 is 2.58 bits per heavy atom. The minimum atomic E-state index is 0.564. The van der Waals surface area contributed by atoms with Gasteiger partial charge in [-0.1, -0.05) is 0 Å². The molecule has 1 N–H and O–H groups in total. The van der Waals surface area contributed by atoms with Gasteiger partial charge in [0.05, 0.1) is 22.7 Å². The van der Waals surface area contributed by atoms with Crippen molar-refractivity contribution < 1.29 is 4.74 Å². The van der Waals surface area contributed by atoms with E-state index in [0.717, 1.165) is 23.8 Å². The number of rotatable bonds is 7. The Kier molecular flexibility index (Phi) is 5.90. The zero-order chi connectivity index (χ0) is 21.2. The molecule has 3 heterocycles. The van der Waals surface area contributed by atoms with Crippen LogP contribution in [0.1, 0.15) is 66.8 Å². The quantitative estimate of drug-likeness (QED) is 0.481. The summed E-state index contributed by atoms with van der Waals surface area (Å²) in [7, 11) is 1.70. The molecule has 6 heteroatoms. The van der Waals surface area contributed by atoms with Crippen LogP contribution in [0.4, 0.5) is 5.82 Å². The van der Waals surface area contributed by atoms with E-state index in [1.54, 1.807) is 7.11 Å². The second-order valence-electron chi connectivity index (χ2n) is 8.89. The molecular weight excluding hydrogens is 404 g/mol. The fourth-order valence-electron chi connectivity index (χ4n) is 4.54. The van der Waals surface area contributed by atoms with Gasteiger partial charge >= 0.3 is 0 Å². The Morgan fingerprint density at radius 1 is 1.03 bits per heavy atom. The van der Waals surface area contributed by atoms with Crippen molar-refractivity contribution in [1.29, 1.82) is 0 Å². The molecule has 2 aliphatic rings. The first-order valence-electron chi connectivity index (χ1n) is 11.4. The summed E-state index contributed by atoms with van der Waals surface area (Å²) in [5, 5.41) is 4.88. The van der Waals surface area contributed by atoms with Gasteiger partial charge < -0.3 is 10.1 Å². The second kappa shape index (κ2) is 8.95. The van der Waals surface area contributed by atoms with E-state index in [0.29, 0.717) is 17.8 Å². The maximum Gasteiger partial charge on any atom is 0.140 e. The third-order valence-corrected chi connectivity index (χ3v) is 7.82. The van der Waals surface area contributed by atoms with Gasteiger partial charge in [0.1, 0.15) is 11.6 Å². The maximum absolute atomic E-state index is 5.35. The summed E-state index contributed by atoms with van der Waals surface area (Å²) in [6.45, 7) is 3.01. The van der Waals surface area contributed by atoms with Gasteiger partial charge in [-0.3, -0.25) is 4.98 Å². The minimum absolute atomic E-state index is 0.564. The number of nitrogens with zero attached hydrogens (tertiary/aromatic N) is 3. The van der Waals surface area contributed by atoms with E-state index in [4.69, 9.17) is 9.72 Å². The third kappa shape index (κ3) is 4.74. The van der Waals surface area contributed by atoms with Crippen molar-refractivity contribution in [2.75, 3.05) is 19.0 Å². The first kappa shape index (κ1) is 20.4. The largest absolute Gasteiger partial charge is 0.495 e. The molecule has 0 amide bonds. The number of nitrogens with one attached hydrogen (secondary N) is 1. The molecule has 2 fully saturated rings. The zero-order valence-corrected chi connectivity index (χ0v) is 19.1. The molecule has 0 saturated heterocycles. The Hall–Kier alpha value is -2.47. The monoisotopic (exact) mass is 434 g/mol. The lowest BCUT2D eigenvalue weighted by Crippen LogP contribution is -2.21. The summed E-state index contributed by atoms with van der Waals surface area (Å²) < 4.78 is 5.35. The summed E-state index contributed by atoms with van der Waals surface area (Å²) in [4.78, 5) is 15.2. The lowest BCUT2D eigenvalue weighted by atomic mass is 9.80. The van der Waals surface area contributed by atoms with E-state index in [-0.39, 0.29) is 0 Å². The van der Waals surface area contributed by atoms with E-state index in [1.807, 2.05) is 30.7 Å². The fourth-order valence-corrected chi connectivity index (χ4v) is 5.63. The molecule has 3 aromatic rings. The summed E-state index contributed by atoms with van der Waals surface area (Å²) in [6.07, 6.45) is 11.4. The average Bonchev–Trinajstić information content (AvgIpc) is 3.54. The number of aromatic nitrogens is 3. The van der Waals surface area contributed by atoms with Gasteiger partial charge in [-0.2, -0.15) is 0 Å². The smallest absolute Gasteiger partial charge is 0.140 e. The molecular formula is C25H30N4OS. The predicted octanol–water partition coefficient (Wildman–Crippen LogP) is 6.18. The van der Waals surface area contributed by atoms with Gasteiger partial charge in [0.2, 0.25) is 0 Å². The Bertz CT molecular complexity index is 1040. The van der Waals surface area contributed by atoms with E-state index in [9.17, 15) is 0 Å². The Morgan fingerprint density at radius 2 is 1.84 bits per heavy atom. The third-order valence-electron chi connectivity index (χ3n) is 6.61. The van der Waals surface area contributed by atoms with Crippen LogP contribution in [0.15, 0.2) is 36.7 Å². The van der Waals surface area contributed by atoms with Crippen molar-refractivity contribution in [3.05, 3.63) is 53.1 Å². The maximum atomic E-state index is 5.35. The molecule has 0 spiro atoms. The SMILES string of the molecule is COc1ccc([C@H]2CC[C@H](CNc3cc(-c4cnc(C5CC5)s4)ccn3)CC2)nc1C. The van der Waals surface area contributed by atoms with Gasteiger partial charge in [-0.05, 0) is 81.2 Å². The molecule has 0 aliphatic heterocycles. The Balaban J connectivity index is 1.15. The number of thiazole rings is 1.